The van der Waals surface area contributed by atoms with E-state index in [1.54, 1.807) is 6.20 Å². The summed E-state index contributed by atoms with van der Waals surface area (Å²) in [5, 5.41) is 4.17. The molecule has 1 aromatic heterocycles. The lowest BCUT2D eigenvalue weighted by atomic mass is 9.98. The van der Waals surface area contributed by atoms with Crippen molar-refractivity contribution in [2.24, 2.45) is 0 Å². The molecule has 1 heterocycles. The van der Waals surface area contributed by atoms with Crippen molar-refractivity contribution in [3.63, 3.8) is 0 Å². The molecule has 0 aliphatic heterocycles. The van der Waals surface area contributed by atoms with Crippen molar-refractivity contribution < 1.29 is 9.53 Å². The van der Waals surface area contributed by atoms with Crippen LogP contribution in [0.15, 0.2) is 30.5 Å². The second-order valence-electron chi connectivity index (χ2n) is 6.02. The first-order chi connectivity index (χ1) is 11.7. The van der Waals surface area contributed by atoms with Gasteiger partial charge in [-0.15, -0.1) is 11.3 Å². The van der Waals surface area contributed by atoms with Crippen molar-refractivity contribution in [2.75, 3.05) is 11.9 Å². The molecule has 1 aromatic carbocycles. The van der Waals surface area contributed by atoms with Gasteiger partial charge in [0, 0.05) is 22.5 Å². The monoisotopic (exact) mass is 364 g/mol. The quantitative estimate of drug-likeness (QED) is 0.809. The second kappa shape index (κ2) is 8.60. The molecule has 3 rings (SSSR count). The molecular formula is C18H21ClN2O2S. The van der Waals surface area contributed by atoms with Crippen LogP contribution in [0, 0.1) is 0 Å². The molecule has 6 heteroatoms. The molecule has 1 fully saturated rings. The molecule has 1 N–H and O–H groups in total. The van der Waals surface area contributed by atoms with Crippen LogP contribution in [0.25, 0.3) is 0 Å². The van der Waals surface area contributed by atoms with E-state index in [9.17, 15) is 4.79 Å². The first-order valence-electron chi connectivity index (χ1n) is 8.30. The smallest absolute Gasteiger partial charge is 0.252 e. The van der Waals surface area contributed by atoms with Crippen molar-refractivity contribution in [3.05, 3.63) is 45.9 Å². The summed E-state index contributed by atoms with van der Waals surface area (Å²) >= 11 is 7.65. The van der Waals surface area contributed by atoms with Gasteiger partial charge in [0.25, 0.3) is 5.91 Å². The third-order valence-corrected chi connectivity index (χ3v) is 5.41. The van der Waals surface area contributed by atoms with E-state index in [1.807, 2.05) is 24.3 Å². The number of aromatic nitrogens is 1. The summed E-state index contributed by atoms with van der Waals surface area (Å²) in [7, 11) is 0. The van der Waals surface area contributed by atoms with Crippen molar-refractivity contribution in [2.45, 2.75) is 44.6 Å². The number of carbonyl (C=O) groups excluding carboxylic acids is 1. The van der Waals surface area contributed by atoms with E-state index < -0.39 is 0 Å². The Bertz CT molecular complexity index is 683. The van der Waals surface area contributed by atoms with Crippen LogP contribution in [0.2, 0.25) is 5.02 Å². The Morgan fingerprint density at radius 3 is 2.88 bits per heavy atom. The maximum atomic E-state index is 12.0. The minimum absolute atomic E-state index is 0.101. The first-order valence-corrected chi connectivity index (χ1v) is 9.50. The Morgan fingerprint density at radius 2 is 2.08 bits per heavy atom. The fourth-order valence-electron chi connectivity index (χ4n) is 2.86. The normalized spacial score (nSPS) is 15.4. The van der Waals surface area contributed by atoms with Gasteiger partial charge in [-0.2, -0.15) is 0 Å². The van der Waals surface area contributed by atoms with Gasteiger partial charge < -0.3 is 4.74 Å². The lowest BCUT2D eigenvalue weighted by molar-refractivity contribution is -0.123. The maximum Gasteiger partial charge on any atom is 0.252 e. The summed E-state index contributed by atoms with van der Waals surface area (Å²) in [6.07, 6.45) is 8.53. The number of anilines is 1. The minimum atomic E-state index is -0.140. The van der Waals surface area contributed by atoms with Gasteiger partial charge in [0.1, 0.15) is 6.61 Å². The predicted octanol–water partition coefficient (Wildman–Crippen LogP) is 4.68. The molecule has 1 saturated carbocycles. The third kappa shape index (κ3) is 5.03. The number of carbonyl (C=O) groups is 1. The summed E-state index contributed by atoms with van der Waals surface area (Å²) in [6, 6.07) is 7.76. The fraction of sp³-hybridized carbons (Fsp3) is 0.444. The molecule has 24 heavy (non-hydrogen) atoms. The van der Waals surface area contributed by atoms with Crippen LogP contribution < -0.4 is 5.32 Å². The number of rotatable bonds is 6. The molecular weight excluding hydrogens is 344 g/mol. The van der Waals surface area contributed by atoms with Crippen LogP contribution in [0.5, 0.6) is 0 Å². The average Bonchev–Trinajstić information content (AvgIpc) is 3.03. The zero-order valence-corrected chi connectivity index (χ0v) is 15.0. The Balaban J connectivity index is 1.48. The van der Waals surface area contributed by atoms with Gasteiger partial charge in [-0.3, -0.25) is 10.1 Å². The van der Waals surface area contributed by atoms with Crippen LogP contribution in [0.1, 0.15) is 42.5 Å². The van der Waals surface area contributed by atoms with E-state index in [2.05, 4.69) is 10.3 Å². The fourth-order valence-corrected chi connectivity index (χ4v) is 3.91. The summed E-state index contributed by atoms with van der Waals surface area (Å²) in [5.41, 5.74) is 1.06. The number of benzene rings is 1. The lowest BCUT2D eigenvalue weighted by Gasteiger charge is -2.21. The summed E-state index contributed by atoms with van der Waals surface area (Å²) in [5.74, 6) is -0.140. The molecule has 4 nitrogen and oxygen atoms in total. The van der Waals surface area contributed by atoms with Gasteiger partial charge in [0.05, 0.1) is 6.10 Å². The highest BCUT2D eigenvalue weighted by atomic mass is 35.5. The predicted molar refractivity (Wildman–Crippen MR) is 97.8 cm³/mol. The summed E-state index contributed by atoms with van der Waals surface area (Å²) in [4.78, 5) is 17.3. The van der Waals surface area contributed by atoms with Crippen LogP contribution in [-0.2, 0) is 16.0 Å². The van der Waals surface area contributed by atoms with Gasteiger partial charge in [0.2, 0.25) is 0 Å². The molecule has 0 saturated heterocycles. The molecule has 0 unspecified atom stereocenters. The SMILES string of the molecule is O=C(COC1CCCCC1)Nc1ncc(Cc2ccccc2Cl)s1. The number of ether oxygens (including phenoxy) is 1. The largest absolute Gasteiger partial charge is 0.368 e. The van der Waals surface area contributed by atoms with E-state index in [0.717, 1.165) is 28.3 Å². The molecule has 2 aromatic rings. The molecule has 1 aliphatic carbocycles. The van der Waals surface area contributed by atoms with Crippen LogP contribution in [0.4, 0.5) is 5.13 Å². The summed E-state index contributed by atoms with van der Waals surface area (Å²) < 4.78 is 5.68. The number of hydrogen-bond donors (Lipinski definition) is 1. The molecule has 128 valence electrons. The molecule has 1 amide bonds. The number of thiazole rings is 1. The molecule has 1 aliphatic rings. The Kier molecular flexibility index (Phi) is 6.24. The first kappa shape index (κ1) is 17.4. The average molecular weight is 365 g/mol. The minimum Gasteiger partial charge on any atom is -0.368 e. The molecule has 0 atom stereocenters. The topological polar surface area (TPSA) is 51.2 Å². The third-order valence-electron chi connectivity index (χ3n) is 4.12. The highest BCUT2D eigenvalue weighted by Crippen LogP contribution is 2.25. The van der Waals surface area contributed by atoms with Gasteiger partial charge in [-0.25, -0.2) is 4.98 Å². The number of nitrogens with one attached hydrogen (secondary N) is 1. The van der Waals surface area contributed by atoms with Crippen molar-refractivity contribution in [1.82, 2.24) is 4.98 Å². The Morgan fingerprint density at radius 1 is 1.29 bits per heavy atom. The van der Waals surface area contributed by atoms with E-state index in [1.165, 1.54) is 30.6 Å². The van der Waals surface area contributed by atoms with Crippen LogP contribution >= 0.6 is 22.9 Å². The molecule has 0 spiro atoms. The molecule has 0 radical (unpaired) electrons. The highest BCUT2D eigenvalue weighted by Gasteiger charge is 2.16. The number of nitrogens with zero attached hydrogens (tertiary/aromatic N) is 1. The standard InChI is InChI=1S/C18H21ClN2O2S/c19-16-9-5-4-6-13(16)10-15-11-20-18(24-15)21-17(22)12-23-14-7-2-1-3-8-14/h4-6,9,11,14H,1-3,7-8,10,12H2,(H,20,21,22). The zero-order valence-electron chi connectivity index (χ0n) is 13.5. The van der Waals surface area contributed by atoms with Crippen molar-refractivity contribution >= 4 is 34.0 Å². The van der Waals surface area contributed by atoms with E-state index in [-0.39, 0.29) is 18.6 Å². The number of halogens is 1. The van der Waals surface area contributed by atoms with Crippen LogP contribution in [-0.4, -0.2) is 23.6 Å². The summed E-state index contributed by atoms with van der Waals surface area (Å²) in [6.45, 7) is 0.101. The highest BCUT2D eigenvalue weighted by molar-refractivity contribution is 7.15. The maximum absolute atomic E-state index is 12.0. The number of hydrogen-bond acceptors (Lipinski definition) is 4. The van der Waals surface area contributed by atoms with E-state index in [4.69, 9.17) is 16.3 Å². The van der Waals surface area contributed by atoms with Crippen molar-refractivity contribution in [3.8, 4) is 0 Å². The second-order valence-corrected chi connectivity index (χ2v) is 7.54. The van der Waals surface area contributed by atoms with E-state index in [0.29, 0.717) is 11.6 Å². The van der Waals surface area contributed by atoms with Gasteiger partial charge in [-0.05, 0) is 24.5 Å². The van der Waals surface area contributed by atoms with Crippen LogP contribution in [0.3, 0.4) is 0 Å². The zero-order chi connectivity index (χ0) is 16.8. The van der Waals surface area contributed by atoms with Crippen molar-refractivity contribution in [1.29, 1.82) is 0 Å². The Labute approximate surface area is 151 Å². The van der Waals surface area contributed by atoms with Gasteiger partial charge in [-0.1, -0.05) is 49.1 Å². The number of amides is 1. The lowest BCUT2D eigenvalue weighted by Crippen LogP contribution is -2.24. The van der Waals surface area contributed by atoms with Gasteiger partial charge in [0.15, 0.2) is 5.13 Å². The Hall–Kier alpha value is -1.43. The molecule has 0 bridgehead atoms. The van der Waals surface area contributed by atoms with Gasteiger partial charge >= 0.3 is 0 Å². The van der Waals surface area contributed by atoms with E-state index >= 15 is 0 Å².